The van der Waals surface area contributed by atoms with Crippen molar-refractivity contribution < 1.29 is 26.4 Å². The Kier molecular flexibility index (Phi) is 4.61. The largest absolute Gasteiger partial charge is 0.322 e. The number of nitrogens with zero attached hydrogens (tertiary/aromatic N) is 5. The van der Waals surface area contributed by atoms with E-state index in [2.05, 4.69) is 15.6 Å². The fourth-order valence-electron chi connectivity index (χ4n) is 4.68. The van der Waals surface area contributed by atoms with Gasteiger partial charge in [-0.25, -0.2) is 31.1 Å². The van der Waals surface area contributed by atoms with Gasteiger partial charge in [0.15, 0.2) is 23.3 Å². The van der Waals surface area contributed by atoms with Gasteiger partial charge in [-0.3, -0.25) is 4.31 Å². The van der Waals surface area contributed by atoms with E-state index in [0.29, 0.717) is 37.2 Å². The van der Waals surface area contributed by atoms with Crippen LogP contribution >= 0.6 is 0 Å². The molecule has 1 N–H and O–H groups in total. The summed E-state index contributed by atoms with van der Waals surface area (Å²) in [4.78, 5) is 14.5. The number of halogens is 3. The number of carbonyl (C=O) groups is 1. The van der Waals surface area contributed by atoms with Crippen LogP contribution in [0.5, 0.6) is 0 Å². The van der Waals surface area contributed by atoms with Crippen LogP contribution in [0, 0.1) is 17.5 Å². The van der Waals surface area contributed by atoms with Crippen molar-refractivity contribution in [2.24, 2.45) is 0 Å². The molecule has 0 radical (unpaired) electrons. The Morgan fingerprint density at radius 3 is 2.48 bits per heavy atom. The van der Waals surface area contributed by atoms with Crippen molar-refractivity contribution >= 4 is 27.6 Å². The Hall–Kier alpha value is -2.83. The molecule has 2 atom stereocenters. The second-order valence-electron chi connectivity index (χ2n) is 7.92. The van der Waals surface area contributed by atoms with Gasteiger partial charge in [0.1, 0.15) is 5.69 Å². The maximum Gasteiger partial charge on any atom is 0.322 e. The zero-order chi connectivity index (χ0) is 21.9. The number of benzene rings is 1. The lowest BCUT2D eigenvalue weighted by atomic mass is 10.1. The van der Waals surface area contributed by atoms with E-state index in [4.69, 9.17) is 0 Å². The molecule has 2 amide bonds. The molecule has 3 heterocycles. The van der Waals surface area contributed by atoms with Crippen LogP contribution in [0.1, 0.15) is 37.4 Å². The molecule has 5 rings (SSSR count). The first kappa shape index (κ1) is 20.1. The van der Waals surface area contributed by atoms with Crippen LogP contribution in [-0.2, 0) is 16.6 Å². The average molecular weight is 456 g/mol. The maximum absolute atomic E-state index is 13.5. The Labute approximate surface area is 175 Å². The normalized spacial score (nSPS) is 24.2. The number of hydrogen-bond acceptors (Lipinski definition) is 5. The lowest BCUT2D eigenvalue weighted by Crippen LogP contribution is -2.49. The Bertz CT molecular complexity index is 1150. The SMILES string of the molecule is O=C(Nc1cc(F)c(F)c(F)c1)N1Cc2c(N3CCCS3(=O)=O)nnn2[C@@H]2CCC[C@@H]21. The second kappa shape index (κ2) is 7.11. The second-order valence-corrected chi connectivity index (χ2v) is 9.94. The number of fused-ring (bicyclic) bond motifs is 3. The topological polar surface area (TPSA) is 100 Å². The zero-order valence-electron chi connectivity index (χ0n) is 16.3. The van der Waals surface area contributed by atoms with Crippen LogP contribution in [0.3, 0.4) is 0 Å². The molecule has 1 aromatic heterocycles. The summed E-state index contributed by atoms with van der Waals surface area (Å²) in [6.07, 6.45) is 2.74. The first-order valence-electron chi connectivity index (χ1n) is 9.93. The van der Waals surface area contributed by atoms with Gasteiger partial charge in [0.25, 0.3) is 0 Å². The van der Waals surface area contributed by atoms with Crippen LogP contribution < -0.4 is 9.62 Å². The summed E-state index contributed by atoms with van der Waals surface area (Å²) in [5.74, 6) is -4.19. The molecule has 1 aliphatic carbocycles. The van der Waals surface area contributed by atoms with E-state index in [9.17, 15) is 26.4 Å². The number of amides is 2. The van der Waals surface area contributed by atoms with E-state index in [0.717, 1.165) is 12.8 Å². The van der Waals surface area contributed by atoms with Crippen molar-refractivity contribution in [3.05, 3.63) is 35.3 Å². The highest BCUT2D eigenvalue weighted by Crippen LogP contribution is 2.41. The van der Waals surface area contributed by atoms with Gasteiger partial charge in [-0.1, -0.05) is 5.21 Å². The van der Waals surface area contributed by atoms with Crippen LogP contribution in [0.2, 0.25) is 0 Å². The van der Waals surface area contributed by atoms with Crippen molar-refractivity contribution in [1.29, 1.82) is 0 Å². The highest BCUT2D eigenvalue weighted by Gasteiger charge is 2.44. The van der Waals surface area contributed by atoms with E-state index < -0.39 is 33.5 Å². The summed E-state index contributed by atoms with van der Waals surface area (Å²) in [6, 6.07) is 0.390. The molecule has 0 unspecified atom stereocenters. The number of carbonyl (C=O) groups excluding carboxylic acids is 1. The van der Waals surface area contributed by atoms with Crippen LogP contribution in [-0.4, -0.2) is 52.7 Å². The van der Waals surface area contributed by atoms with Gasteiger partial charge in [0, 0.05) is 24.4 Å². The van der Waals surface area contributed by atoms with E-state index >= 15 is 0 Å². The standard InChI is InChI=1S/C18H19F3N6O3S/c19-11-7-10(8-12(20)16(11)21)22-18(28)25-9-15-17(26-5-2-6-31(26,29)30)23-24-27(15)14-4-1-3-13(14)25/h7-8,13-14H,1-6,9H2,(H,22,28)/t13-,14+/m0/s1. The number of rotatable bonds is 2. The monoisotopic (exact) mass is 456 g/mol. The Morgan fingerprint density at radius 1 is 1.10 bits per heavy atom. The van der Waals surface area contributed by atoms with Gasteiger partial charge in [0.05, 0.1) is 24.4 Å². The minimum atomic E-state index is -3.49. The molecule has 13 heteroatoms. The molecule has 2 aliphatic heterocycles. The third-order valence-corrected chi connectivity index (χ3v) is 7.91. The predicted octanol–water partition coefficient (Wildman–Crippen LogP) is 2.38. The van der Waals surface area contributed by atoms with Gasteiger partial charge in [-0.05, 0) is 25.7 Å². The molecule has 3 aliphatic rings. The Morgan fingerprint density at radius 2 is 1.81 bits per heavy atom. The summed E-state index contributed by atoms with van der Waals surface area (Å²) in [7, 11) is -3.49. The molecule has 31 heavy (non-hydrogen) atoms. The molecule has 9 nitrogen and oxygen atoms in total. The van der Waals surface area contributed by atoms with E-state index in [1.165, 1.54) is 9.21 Å². The first-order chi connectivity index (χ1) is 14.8. The molecule has 0 bridgehead atoms. The summed E-state index contributed by atoms with van der Waals surface area (Å²) < 4.78 is 68.0. The van der Waals surface area contributed by atoms with Gasteiger partial charge in [0.2, 0.25) is 10.0 Å². The lowest BCUT2D eigenvalue weighted by Gasteiger charge is -2.38. The number of anilines is 2. The van der Waals surface area contributed by atoms with Crippen molar-refractivity contribution in [3.63, 3.8) is 0 Å². The highest BCUT2D eigenvalue weighted by atomic mass is 32.2. The van der Waals surface area contributed by atoms with E-state index in [1.54, 1.807) is 4.68 Å². The number of nitrogens with one attached hydrogen (secondary N) is 1. The van der Waals surface area contributed by atoms with E-state index in [-0.39, 0.29) is 35.9 Å². The molecule has 0 spiro atoms. The van der Waals surface area contributed by atoms with Gasteiger partial charge < -0.3 is 10.2 Å². The third-order valence-electron chi connectivity index (χ3n) is 6.08. The Balaban J connectivity index is 1.47. The molecule has 1 saturated carbocycles. The summed E-state index contributed by atoms with van der Waals surface area (Å²) in [5.41, 5.74) is 0.288. The first-order valence-corrected chi connectivity index (χ1v) is 11.5. The average Bonchev–Trinajstić information content (AvgIpc) is 3.42. The number of aromatic nitrogens is 3. The molecule has 2 aromatic rings. The smallest absolute Gasteiger partial charge is 0.313 e. The van der Waals surface area contributed by atoms with Gasteiger partial charge in [-0.15, -0.1) is 5.10 Å². The fourth-order valence-corrected chi connectivity index (χ4v) is 6.21. The predicted molar refractivity (Wildman–Crippen MR) is 103 cm³/mol. The van der Waals surface area contributed by atoms with E-state index in [1.807, 2.05) is 0 Å². The minimum absolute atomic E-state index is 0.0250. The molecular formula is C18H19F3N6O3S. The van der Waals surface area contributed by atoms with Crippen LogP contribution in [0.4, 0.5) is 29.5 Å². The van der Waals surface area contributed by atoms with Crippen molar-refractivity contribution in [1.82, 2.24) is 19.9 Å². The summed E-state index contributed by atoms with van der Waals surface area (Å²) >= 11 is 0. The van der Waals surface area contributed by atoms with Gasteiger partial charge in [-0.2, -0.15) is 0 Å². The van der Waals surface area contributed by atoms with Crippen LogP contribution in [0.25, 0.3) is 0 Å². The number of sulfonamides is 1. The summed E-state index contributed by atoms with van der Waals surface area (Å²) in [6.45, 7) is 0.329. The lowest BCUT2D eigenvalue weighted by molar-refractivity contribution is 0.138. The molecule has 166 valence electrons. The molecule has 1 aromatic carbocycles. The van der Waals surface area contributed by atoms with Crippen molar-refractivity contribution in [2.75, 3.05) is 21.9 Å². The minimum Gasteiger partial charge on any atom is -0.313 e. The number of urea groups is 1. The zero-order valence-corrected chi connectivity index (χ0v) is 17.1. The fraction of sp³-hybridized carbons (Fsp3) is 0.500. The van der Waals surface area contributed by atoms with Crippen molar-refractivity contribution in [3.8, 4) is 0 Å². The number of hydrogen-bond donors (Lipinski definition) is 1. The molecular weight excluding hydrogens is 437 g/mol. The molecule has 2 fully saturated rings. The summed E-state index contributed by atoms with van der Waals surface area (Å²) in [5, 5.41) is 10.7. The quantitative estimate of drug-likeness (QED) is 0.700. The molecule has 1 saturated heterocycles. The maximum atomic E-state index is 13.5. The van der Waals surface area contributed by atoms with Crippen molar-refractivity contribution in [2.45, 2.75) is 44.3 Å². The third kappa shape index (κ3) is 3.22. The van der Waals surface area contributed by atoms with Crippen LogP contribution in [0.15, 0.2) is 12.1 Å². The highest BCUT2D eigenvalue weighted by molar-refractivity contribution is 7.93. The van der Waals surface area contributed by atoms with Gasteiger partial charge >= 0.3 is 6.03 Å².